The highest BCUT2D eigenvalue weighted by molar-refractivity contribution is 5.84. The Kier molecular flexibility index (Phi) is 5.61. The number of aromatic nitrogens is 1. The summed E-state index contributed by atoms with van der Waals surface area (Å²) in [6.07, 6.45) is 0.880. The first kappa shape index (κ1) is 18.5. The Hall–Kier alpha value is -2.34. The number of ether oxygens (including phenoxy) is 1. The zero-order valence-corrected chi connectivity index (χ0v) is 15.8. The second-order valence-electron chi connectivity index (χ2n) is 6.97. The molecule has 26 heavy (non-hydrogen) atoms. The molecule has 0 spiro atoms. The summed E-state index contributed by atoms with van der Waals surface area (Å²) >= 11 is 0. The zero-order chi connectivity index (χ0) is 18.7. The van der Waals surface area contributed by atoms with E-state index in [9.17, 15) is 9.59 Å². The van der Waals surface area contributed by atoms with Crippen LogP contribution >= 0.6 is 0 Å². The van der Waals surface area contributed by atoms with Crippen LogP contribution in [-0.4, -0.2) is 60.1 Å². The summed E-state index contributed by atoms with van der Waals surface area (Å²) in [6, 6.07) is 7.38. The van der Waals surface area contributed by atoms with Crippen molar-refractivity contribution in [2.24, 2.45) is 0 Å². The van der Waals surface area contributed by atoms with Gasteiger partial charge in [0, 0.05) is 50.2 Å². The minimum Gasteiger partial charge on any atom is -0.484 e. The number of amides is 1. The largest absolute Gasteiger partial charge is 0.484 e. The Morgan fingerprint density at radius 2 is 1.88 bits per heavy atom. The molecular weight excluding hydrogens is 330 g/mol. The van der Waals surface area contributed by atoms with Crippen molar-refractivity contribution in [1.82, 2.24) is 14.4 Å². The molecule has 1 aliphatic rings. The predicted octanol–water partition coefficient (Wildman–Crippen LogP) is 1.87. The van der Waals surface area contributed by atoms with Gasteiger partial charge in [0.1, 0.15) is 5.75 Å². The summed E-state index contributed by atoms with van der Waals surface area (Å²) in [5, 5.41) is 1.04. The quantitative estimate of drug-likeness (QED) is 0.820. The van der Waals surface area contributed by atoms with E-state index in [0.29, 0.717) is 12.3 Å². The lowest BCUT2D eigenvalue weighted by Crippen LogP contribution is -2.48. The number of nitrogens with zero attached hydrogens (tertiary/aromatic N) is 3. The number of likely N-dealkylation sites (N-methyl/N-ethyl adjacent to an activating group) is 1. The molecule has 0 radical (unpaired) electrons. The fraction of sp³-hybridized carbons (Fsp3) is 0.500. The number of carbonyl (C=O) groups is 1. The van der Waals surface area contributed by atoms with E-state index in [0.717, 1.165) is 49.1 Å². The molecule has 0 saturated carbocycles. The summed E-state index contributed by atoms with van der Waals surface area (Å²) in [4.78, 5) is 28.7. The second kappa shape index (κ2) is 7.91. The van der Waals surface area contributed by atoms with Crippen LogP contribution in [0.25, 0.3) is 10.9 Å². The van der Waals surface area contributed by atoms with Crippen molar-refractivity contribution in [2.45, 2.75) is 26.8 Å². The number of fused-ring (bicyclic) bond motifs is 1. The van der Waals surface area contributed by atoms with Crippen LogP contribution in [-0.2, 0) is 11.3 Å². The lowest BCUT2D eigenvalue weighted by atomic mass is 10.1. The third-order valence-corrected chi connectivity index (χ3v) is 4.96. The van der Waals surface area contributed by atoms with Crippen molar-refractivity contribution in [2.75, 3.05) is 39.8 Å². The van der Waals surface area contributed by atoms with Gasteiger partial charge in [0.2, 0.25) is 0 Å². The van der Waals surface area contributed by atoms with E-state index in [-0.39, 0.29) is 18.1 Å². The molecule has 2 aromatic rings. The van der Waals surface area contributed by atoms with Gasteiger partial charge in [-0.3, -0.25) is 9.59 Å². The van der Waals surface area contributed by atoms with Gasteiger partial charge in [0.05, 0.1) is 5.52 Å². The first-order valence-corrected chi connectivity index (χ1v) is 9.23. The maximum absolute atomic E-state index is 12.3. The molecular formula is C20H27N3O3. The van der Waals surface area contributed by atoms with Crippen molar-refractivity contribution in [1.29, 1.82) is 0 Å². The smallest absolute Gasteiger partial charge is 0.260 e. The summed E-state index contributed by atoms with van der Waals surface area (Å²) in [5.74, 6) is 0.628. The number of aryl methyl sites for hydroxylation is 2. The maximum atomic E-state index is 12.3. The topological polar surface area (TPSA) is 54.8 Å². The van der Waals surface area contributed by atoms with Crippen LogP contribution in [0.5, 0.6) is 5.75 Å². The lowest BCUT2D eigenvalue weighted by Gasteiger charge is -2.32. The molecule has 0 bridgehead atoms. The Morgan fingerprint density at radius 1 is 1.15 bits per heavy atom. The number of carbonyl (C=O) groups excluding carboxylic acids is 1. The molecule has 140 valence electrons. The number of benzene rings is 1. The second-order valence-corrected chi connectivity index (χ2v) is 6.97. The standard InChI is InChI=1S/C20H27N3O3/c1-4-7-23-18-13-16(5-6-17(18)15(2)12-19(23)24)26-14-20(25)22-10-8-21(3)9-11-22/h5-6,12-13H,4,7-11,14H2,1-3H3. The molecule has 0 atom stereocenters. The third-order valence-electron chi connectivity index (χ3n) is 4.96. The molecule has 0 unspecified atom stereocenters. The maximum Gasteiger partial charge on any atom is 0.260 e. The van der Waals surface area contributed by atoms with Gasteiger partial charge in [-0.1, -0.05) is 6.92 Å². The summed E-state index contributed by atoms with van der Waals surface area (Å²) in [6.45, 7) is 7.95. The Morgan fingerprint density at radius 3 is 2.58 bits per heavy atom. The molecule has 1 saturated heterocycles. The normalized spacial score (nSPS) is 15.4. The highest BCUT2D eigenvalue weighted by atomic mass is 16.5. The Labute approximate surface area is 154 Å². The molecule has 6 heteroatoms. The molecule has 1 aliphatic heterocycles. The summed E-state index contributed by atoms with van der Waals surface area (Å²) in [5.41, 5.74) is 1.82. The SMILES string of the molecule is CCCn1c(=O)cc(C)c2ccc(OCC(=O)N3CCN(C)CC3)cc21. The van der Waals surface area contributed by atoms with Crippen LogP contribution in [0.2, 0.25) is 0 Å². The monoisotopic (exact) mass is 357 g/mol. The average Bonchev–Trinajstić information content (AvgIpc) is 2.63. The Bertz CT molecular complexity index is 851. The van der Waals surface area contributed by atoms with Crippen LogP contribution in [0.1, 0.15) is 18.9 Å². The first-order valence-electron chi connectivity index (χ1n) is 9.23. The van der Waals surface area contributed by atoms with Crippen molar-refractivity contribution < 1.29 is 9.53 Å². The fourth-order valence-corrected chi connectivity index (χ4v) is 3.36. The predicted molar refractivity (Wildman–Crippen MR) is 103 cm³/mol. The van der Waals surface area contributed by atoms with Gasteiger partial charge < -0.3 is 19.1 Å². The highest BCUT2D eigenvalue weighted by Gasteiger charge is 2.19. The molecule has 6 nitrogen and oxygen atoms in total. The van der Waals surface area contributed by atoms with E-state index in [1.807, 2.05) is 36.9 Å². The number of piperazine rings is 1. The van der Waals surface area contributed by atoms with E-state index in [1.54, 1.807) is 10.6 Å². The molecule has 0 N–H and O–H groups in total. The first-order chi connectivity index (χ1) is 12.5. The number of hydrogen-bond donors (Lipinski definition) is 0. The summed E-state index contributed by atoms with van der Waals surface area (Å²) in [7, 11) is 2.06. The van der Waals surface area contributed by atoms with E-state index < -0.39 is 0 Å². The van der Waals surface area contributed by atoms with Gasteiger partial charge in [-0.15, -0.1) is 0 Å². The van der Waals surface area contributed by atoms with E-state index in [4.69, 9.17) is 4.74 Å². The third kappa shape index (κ3) is 3.90. The number of pyridine rings is 1. The van der Waals surface area contributed by atoms with Crippen LogP contribution in [0, 0.1) is 6.92 Å². The van der Waals surface area contributed by atoms with Gasteiger partial charge in [-0.25, -0.2) is 0 Å². The Balaban J connectivity index is 1.77. The van der Waals surface area contributed by atoms with E-state index in [2.05, 4.69) is 11.9 Å². The molecule has 2 heterocycles. The minimum absolute atomic E-state index is 0.00233. The van der Waals surface area contributed by atoms with Gasteiger partial charge in [-0.2, -0.15) is 0 Å². The van der Waals surface area contributed by atoms with Gasteiger partial charge >= 0.3 is 0 Å². The molecule has 3 rings (SSSR count). The molecule has 1 aromatic heterocycles. The number of hydrogen-bond acceptors (Lipinski definition) is 4. The molecule has 1 fully saturated rings. The van der Waals surface area contributed by atoms with Crippen LogP contribution in [0.4, 0.5) is 0 Å². The van der Waals surface area contributed by atoms with Crippen molar-refractivity contribution >= 4 is 16.8 Å². The molecule has 1 aromatic carbocycles. The fourth-order valence-electron chi connectivity index (χ4n) is 3.36. The zero-order valence-electron chi connectivity index (χ0n) is 15.8. The minimum atomic E-state index is 0.00233. The average molecular weight is 357 g/mol. The lowest BCUT2D eigenvalue weighted by molar-refractivity contribution is -0.134. The van der Waals surface area contributed by atoms with Crippen molar-refractivity contribution in [3.05, 3.63) is 40.2 Å². The van der Waals surface area contributed by atoms with Gasteiger partial charge in [0.15, 0.2) is 6.61 Å². The number of rotatable bonds is 5. The summed E-state index contributed by atoms with van der Waals surface area (Å²) < 4.78 is 7.52. The van der Waals surface area contributed by atoms with Gasteiger partial charge in [0.25, 0.3) is 11.5 Å². The van der Waals surface area contributed by atoms with Crippen LogP contribution in [0.3, 0.4) is 0 Å². The van der Waals surface area contributed by atoms with Crippen LogP contribution in [0.15, 0.2) is 29.1 Å². The van der Waals surface area contributed by atoms with Gasteiger partial charge in [-0.05, 0) is 38.1 Å². The van der Waals surface area contributed by atoms with E-state index in [1.165, 1.54) is 0 Å². The van der Waals surface area contributed by atoms with Crippen molar-refractivity contribution in [3.8, 4) is 5.75 Å². The molecule has 1 amide bonds. The molecule has 0 aliphatic carbocycles. The van der Waals surface area contributed by atoms with Crippen molar-refractivity contribution in [3.63, 3.8) is 0 Å². The van der Waals surface area contributed by atoms with Crippen LogP contribution < -0.4 is 10.3 Å². The highest BCUT2D eigenvalue weighted by Crippen LogP contribution is 2.23. The van der Waals surface area contributed by atoms with E-state index >= 15 is 0 Å².